The van der Waals surface area contributed by atoms with Gasteiger partial charge < -0.3 is 14.2 Å². The first-order chi connectivity index (χ1) is 6.44. The first-order valence-electron chi connectivity index (χ1n) is 4.56. The van der Waals surface area contributed by atoms with Crippen LogP contribution in [0.15, 0.2) is 12.2 Å². The summed E-state index contributed by atoms with van der Waals surface area (Å²) in [5, 5.41) is 0. The number of methoxy groups -OCH3 is 1. The van der Waals surface area contributed by atoms with Crippen LogP contribution in [0.5, 0.6) is 0 Å². The largest absolute Gasteiger partial charge is 0.466 e. The Kier molecular flexibility index (Phi) is 3.29. The van der Waals surface area contributed by atoms with Gasteiger partial charge in [-0.15, -0.1) is 0 Å². The van der Waals surface area contributed by atoms with Crippen LogP contribution < -0.4 is 0 Å². The fraction of sp³-hybridized carbons (Fsp3) is 0.700. The highest BCUT2D eigenvalue weighted by molar-refractivity contribution is 5.81. The van der Waals surface area contributed by atoms with Crippen molar-refractivity contribution in [1.29, 1.82) is 0 Å². The van der Waals surface area contributed by atoms with E-state index in [9.17, 15) is 4.79 Å². The maximum absolute atomic E-state index is 10.8. The lowest BCUT2D eigenvalue weighted by atomic mass is 10.2. The molecule has 0 bridgehead atoms. The molecule has 0 amide bonds. The number of hydrogen-bond acceptors (Lipinski definition) is 4. The van der Waals surface area contributed by atoms with Crippen molar-refractivity contribution in [3.63, 3.8) is 0 Å². The van der Waals surface area contributed by atoms with E-state index in [-0.39, 0.29) is 18.2 Å². The van der Waals surface area contributed by atoms with Crippen LogP contribution in [0.25, 0.3) is 0 Å². The van der Waals surface area contributed by atoms with Crippen molar-refractivity contribution in [1.82, 2.24) is 0 Å². The molecule has 1 aliphatic heterocycles. The molecule has 1 saturated heterocycles. The van der Waals surface area contributed by atoms with Crippen molar-refractivity contribution in [2.75, 3.05) is 7.11 Å². The number of hydrogen-bond donors (Lipinski definition) is 0. The highest BCUT2D eigenvalue weighted by Crippen LogP contribution is 2.28. The Morgan fingerprint density at radius 1 is 1.43 bits per heavy atom. The molecule has 14 heavy (non-hydrogen) atoms. The number of carbonyl (C=O) groups is 1. The molecule has 1 fully saturated rings. The second-order valence-electron chi connectivity index (χ2n) is 3.69. The molecule has 80 valence electrons. The van der Waals surface area contributed by atoms with E-state index in [4.69, 9.17) is 9.47 Å². The Labute approximate surface area is 83.8 Å². The molecule has 0 unspecified atom stereocenters. The zero-order valence-electron chi connectivity index (χ0n) is 8.94. The van der Waals surface area contributed by atoms with Gasteiger partial charge in [-0.1, -0.05) is 0 Å². The fourth-order valence-corrected chi connectivity index (χ4v) is 1.40. The topological polar surface area (TPSA) is 44.8 Å². The van der Waals surface area contributed by atoms with Gasteiger partial charge in [0.1, 0.15) is 6.10 Å². The van der Waals surface area contributed by atoms with Gasteiger partial charge in [-0.25, -0.2) is 4.79 Å². The van der Waals surface area contributed by atoms with Gasteiger partial charge in [-0.2, -0.15) is 0 Å². The van der Waals surface area contributed by atoms with Crippen LogP contribution in [0, 0.1) is 0 Å². The van der Waals surface area contributed by atoms with Gasteiger partial charge in [-0.05, 0) is 26.8 Å². The van der Waals surface area contributed by atoms with Crippen LogP contribution in [0.4, 0.5) is 0 Å². The highest BCUT2D eigenvalue weighted by atomic mass is 16.7. The van der Waals surface area contributed by atoms with E-state index in [1.807, 2.05) is 20.8 Å². The van der Waals surface area contributed by atoms with E-state index >= 15 is 0 Å². The Hall–Kier alpha value is -0.870. The molecule has 0 radical (unpaired) electrons. The Bertz CT molecular complexity index is 245. The standard InChI is InChI=1S/C10H16O4/c1-7-8(5-6-9(11)12-4)14-10(2,3)13-7/h5-8H,1-4H3/b6-5+/t7-,8-/m0/s1. The summed E-state index contributed by atoms with van der Waals surface area (Å²) in [4.78, 5) is 10.8. The monoisotopic (exact) mass is 200 g/mol. The van der Waals surface area contributed by atoms with E-state index in [0.29, 0.717) is 0 Å². The van der Waals surface area contributed by atoms with E-state index < -0.39 is 5.79 Å². The van der Waals surface area contributed by atoms with E-state index in [1.54, 1.807) is 6.08 Å². The molecular weight excluding hydrogens is 184 g/mol. The molecule has 0 aliphatic carbocycles. The summed E-state index contributed by atoms with van der Waals surface area (Å²) < 4.78 is 15.5. The van der Waals surface area contributed by atoms with Gasteiger partial charge in [0.15, 0.2) is 5.79 Å². The molecule has 2 atom stereocenters. The molecule has 4 nitrogen and oxygen atoms in total. The molecule has 0 aromatic carbocycles. The third-order valence-corrected chi connectivity index (χ3v) is 1.98. The minimum Gasteiger partial charge on any atom is -0.466 e. The van der Waals surface area contributed by atoms with Crippen molar-refractivity contribution >= 4 is 5.97 Å². The van der Waals surface area contributed by atoms with Gasteiger partial charge in [-0.3, -0.25) is 0 Å². The second-order valence-corrected chi connectivity index (χ2v) is 3.69. The molecular formula is C10H16O4. The normalized spacial score (nSPS) is 30.9. The predicted octanol–water partition coefficient (Wildman–Crippen LogP) is 1.26. The molecule has 1 heterocycles. The van der Waals surface area contributed by atoms with Crippen LogP contribution in [0.2, 0.25) is 0 Å². The summed E-state index contributed by atoms with van der Waals surface area (Å²) in [5.74, 6) is -0.963. The van der Waals surface area contributed by atoms with E-state index in [0.717, 1.165) is 0 Å². The molecule has 4 heteroatoms. The van der Waals surface area contributed by atoms with Gasteiger partial charge in [0.25, 0.3) is 0 Å². The van der Waals surface area contributed by atoms with Crippen molar-refractivity contribution in [2.24, 2.45) is 0 Å². The van der Waals surface area contributed by atoms with Crippen molar-refractivity contribution < 1.29 is 19.0 Å². The lowest BCUT2D eigenvalue weighted by Crippen LogP contribution is -2.20. The van der Waals surface area contributed by atoms with Crippen LogP contribution in [0.1, 0.15) is 20.8 Å². The average Bonchev–Trinajstić information content (AvgIpc) is 2.35. The smallest absolute Gasteiger partial charge is 0.330 e. The molecule has 1 aliphatic rings. The summed E-state index contributed by atoms with van der Waals surface area (Å²) in [6.45, 7) is 5.59. The fourth-order valence-electron chi connectivity index (χ4n) is 1.40. The summed E-state index contributed by atoms with van der Waals surface area (Å²) in [5.41, 5.74) is 0. The van der Waals surface area contributed by atoms with E-state index in [1.165, 1.54) is 13.2 Å². The van der Waals surface area contributed by atoms with E-state index in [2.05, 4.69) is 4.74 Å². The summed E-state index contributed by atoms with van der Waals surface area (Å²) in [6, 6.07) is 0. The van der Waals surface area contributed by atoms with Crippen molar-refractivity contribution in [3.8, 4) is 0 Å². The first kappa shape index (κ1) is 11.2. The Morgan fingerprint density at radius 3 is 2.50 bits per heavy atom. The number of carbonyl (C=O) groups excluding carboxylic acids is 1. The molecule has 0 aromatic rings. The van der Waals surface area contributed by atoms with Crippen LogP contribution in [-0.2, 0) is 19.0 Å². The van der Waals surface area contributed by atoms with Gasteiger partial charge in [0.2, 0.25) is 0 Å². The molecule has 1 rings (SSSR count). The van der Waals surface area contributed by atoms with Gasteiger partial charge in [0.05, 0.1) is 13.2 Å². The number of rotatable bonds is 2. The predicted molar refractivity (Wildman–Crippen MR) is 50.7 cm³/mol. The van der Waals surface area contributed by atoms with Crippen molar-refractivity contribution in [3.05, 3.63) is 12.2 Å². The van der Waals surface area contributed by atoms with Crippen LogP contribution in [0.3, 0.4) is 0 Å². The summed E-state index contributed by atoms with van der Waals surface area (Å²) >= 11 is 0. The second kappa shape index (κ2) is 4.11. The lowest BCUT2D eigenvalue weighted by Gasteiger charge is -2.15. The molecule has 0 aromatic heterocycles. The third-order valence-electron chi connectivity index (χ3n) is 1.98. The Balaban J connectivity index is 2.55. The zero-order valence-corrected chi connectivity index (χ0v) is 8.94. The molecule has 0 N–H and O–H groups in total. The molecule has 0 saturated carbocycles. The minimum absolute atomic E-state index is 0.0501. The SMILES string of the molecule is COC(=O)/C=C/[C@@H]1OC(C)(C)O[C@H]1C. The number of ether oxygens (including phenoxy) is 3. The molecule has 0 spiro atoms. The van der Waals surface area contributed by atoms with Gasteiger partial charge >= 0.3 is 5.97 Å². The third kappa shape index (κ3) is 2.82. The van der Waals surface area contributed by atoms with Gasteiger partial charge in [0, 0.05) is 6.08 Å². The zero-order chi connectivity index (χ0) is 10.8. The van der Waals surface area contributed by atoms with Crippen LogP contribution >= 0.6 is 0 Å². The lowest BCUT2D eigenvalue weighted by molar-refractivity contribution is -0.141. The quantitative estimate of drug-likeness (QED) is 0.497. The highest BCUT2D eigenvalue weighted by Gasteiger charge is 2.37. The average molecular weight is 200 g/mol. The first-order valence-corrected chi connectivity index (χ1v) is 4.56. The summed E-state index contributed by atoms with van der Waals surface area (Å²) in [7, 11) is 1.34. The van der Waals surface area contributed by atoms with Crippen LogP contribution in [-0.4, -0.2) is 31.1 Å². The minimum atomic E-state index is -0.579. The maximum atomic E-state index is 10.8. The maximum Gasteiger partial charge on any atom is 0.330 e. The Morgan fingerprint density at radius 2 is 2.07 bits per heavy atom. The van der Waals surface area contributed by atoms with Crippen molar-refractivity contribution in [2.45, 2.75) is 38.8 Å². The number of esters is 1. The summed E-state index contributed by atoms with van der Waals surface area (Å²) in [6.07, 6.45) is 2.77.